The van der Waals surface area contributed by atoms with E-state index in [0.29, 0.717) is 39.1 Å². The fraction of sp³-hybridized carbons (Fsp3) is 0.192. The highest BCUT2D eigenvalue weighted by atomic mass is 35.5. The molecule has 1 atom stereocenters. The average Bonchev–Trinajstić information content (AvgIpc) is 3.36. The Labute approximate surface area is 225 Å². The molecule has 2 aromatic carbocycles. The summed E-state index contributed by atoms with van der Waals surface area (Å²) in [6, 6.07) is 15.3. The maximum Gasteiger partial charge on any atom is 0.219 e. The molecule has 7 nitrogen and oxygen atoms in total. The van der Waals surface area contributed by atoms with Crippen molar-refractivity contribution in [1.82, 2.24) is 10.2 Å². The molecule has 2 aliphatic rings. The second kappa shape index (κ2) is 10.5. The molecular weight excluding hydrogens is 533 g/mol. The molecule has 37 heavy (non-hydrogen) atoms. The van der Waals surface area contributed by atoms with Crippen LogP contribution in [0.1, 0.15) is 41.1 Å². The highest BCUT2D eigenvalue weighted by molar-refractivity contribution is 8.01. The van der Waals surface area contributed by atoms with E-state index < -0.39 is 11.7 Å². The first-order valence-electron chi connectivity index (χ1n) is 11.3. The lowest BCUT2D eigenvalue weighted by Gasteiger charge is -2.38. The Morgan fingerprint density at radius 1 is 1.22 bits per heavy atom. The molecular formula is C26H19ClFN5O2S2. The van der Waals surface area contributed by atoms with Gasteiger partial charge in [0, 0.05) is 33.8 Å². The van der Waals surface area contributed by atoms with E-state index in [1.165, 1.54) is 41.3 Å². The van der Waals surface area contributed by atoms with Crippen LogP contribution in [0.2, 0.25) is 5.02 Å². The van der Waals surface area contributed by atoms with E-state index in [0.717, 1.165) is 0 Å². The van der Waals surface area contributed by atoms with Gasteiger partial charge in [0.1, 0.15) is 11.6 Å². The van der Waals surface area contributed by atoms with Gasteiger partial charge in [-0.3, -0.25) is 14.5 Å². The van der Waals surface area contributed by atoms with Crippen LogP contribution in [0, 0.1) is 17.1 Å². The summed E-state index contributed by atoms with van der Waals surface area (Å²) in [4.78, 5) is 27.3. The van der Waals surface area contributed by atoms with Gasteiger partial charge in [-0.1, -0.05) is 71.1 Å². The Bertz CT molecular complexity index is 1490. The predicted molar refractivity (Wildman–Crippen MR) is 141 cm³/mol. The maximum atomic E-state index is 15.0. The van der Waals surface area contributed by atoms with Gasteiger partial charge in [-0.15, -0.1) is 10.2 Å². The highest BCUT2D eigenvalue weighted by Crippen LogP contribution is 2.48. The minimum Gasteiger partial charge on any atom is -0.384 e. The topological polar surface area (TPSA) is 113 Å². The summed E-state index contributed by atoms with van der Waals surface area (Å²) in [7, 11) is 0. The molecule has 186 valence electrons. The molecule has 1 aliphatic heterocycles. The van der Waals surface area contributed by atoms with Gasteiger partial charge in [0.05, 0.1) is 23.3 Å². The number of anilines is 1. The van der Waals surface area contributed by atoms with Crippen molar-refractivity contribution in [3.8, 4) is 6.07 Å². The van der Waals surface area contributed by atoms with Crippen molar-refractivity contribution in [2.24, 2.45) is 5.73 Å². The SMILES string of the molecule is N#CC1=C(N)N(c2nnc(SCC(=O)c3ccccc3)s2)C2=C(C(=O)CCC2)C1c1c(F)cccc1Cl. The van der Waals surface area contributed by atoms with E-state index in [-0.39, 0.29) is 45.7 Å². The Balaban J connectivity index is 1.52. The maximum absolute atomic E-state index is 15.0. The van der Waals surface area contributed by atoms with E-state index in [4.69, 9.17) is 17.3 Å². The number of carbonyl (C=O) groups is 2. The average molecular weight is 552 g/mol. The number of thioether (sulfide) groups is 1. The molecule has 1 aromatic heterocycles. The van der Waals surface area contributed by atoms with Crippen LogP contribution in [-0.4, -0.2) is 27.5 Å². The number of benzene rings is 2. The van der Waals surface area contributed by atoms with Crippen molar-refractivity contribution in [1.29, 1.82) is 5.26 Å². The van der Waals surface area contributed by atoms with E-state index in [1.807, 2.05) is 6.07 Å². The molecule has 0 spiro atoms. The molecule has 2 heterocycles. The molecule has 0 saturated carbocycles. The number of hydrogen-bond acceptors (Lipinski definition) is 9. The molecule has 1 unspecified atom stereocenters. The second-order valence-corrected chi connectivity index (χ2v) is 11.0. The Kier molecular flexibility index (Phi) is 7.11. The third-order valence-electron chi connectivity index (χ3n) is 6.21. The minimum atomic E-state index is -1.01. The molecule has 0 fully saturated rings. The number of hydrogen-bond donors (Lipinski definition) is 1. The number of aromatic nitrogens is 2. The number of rotatable bonds is 6. The van der Waals surface area contributed by atoms with E-state index >= 15 is 0 Å². The molecule has 2 N–H and O–H groups in total. The standard InChI is InChI=1S/C26H19ClFN5O2S2/c27-16-8-4-9-17(28)22(16)21-15(12-29)24(30)33(18-10-5-11-19(34)23(18)21)25-31-32-26(37-25)36-13-20(35)14-6-2-1-3-7-14/h1-4,6-9,21H,5,10-11,13,30H2. The molecule has 5 rings (SSSR count). The zero-order valence-corrected chi connectivity index (χ0v) is 21.7. The van der Waals surface area contributed by atoms with Crippen molar-refractivity contribution in [3.63, 3.8) is 0 Å². The first-order chi connectivity index (χ1) is 17.9. The van der Waals surface area contributed by atoms with Crippen LogP contribution < -0.4 is 10.6 Å². The number of Topliss-reactive ketones (excluding diaryl/α,β-unsaturated/α-hetero) is 2. The van der Waals surface area contributed by atoms with Crippen molar-refractivity contribution in [2.75, 3.05) is 10.7 Å². The van der Waals surface area contributed by atoms with Crippen LogP contribution in [0.25, 0.3) is 0 Å². The van der Waals surface area contributed by atoms with Gasteiger partial charge in [-0.2, -0.15) is 5.26 Å². The number of allylic oxidation sites excluding steroid dienone is 3. The Hall–Kier alpha value is -3.52. The molecule has 3 aromatic rings. The van der Waals surface area contributed by atoms with Crippen LogP contribution in [-0.2, 0) is 4.79 Å². The van der Waals surface area contributed by atoms with Gasteiger partial charge in [-0.05, 0) is 25.0 Å². The summed E-state index contributed by atoms with van der Waals surface area (Å²) >= 11 is 8.80. The number of halogens is 2. The number of nitriles is 1. The molecule has 0 radical (unpaired) electrons. The van der Waals surface area contributed by atoms with Crippen molar-refractivity contribution < 1.29 is 14.0 Å². The van der Waals surface area contributed by atoms with Crippen molar-refractivity contribution in [2.45, 2.75) is 29.5 Å². The van der Waals surface area contributed by atoms with Crippen molar-refractivity contribution in [3.05, 3.63) is 93.2 Å². The summed E-state index contributed by atoms with van der Waals surface area (Å²) in [6.45, 7) is 0. The predicted octanol–water partition coefficient (Wildman–Crippen LogP) is 5.61. The van der Waals surface area contributed by atoms with Crippen LogP contribution >= 0.6 is 34.7 Å². The number of nitrogens with zero attached hydrogens (tertiary/aromatic N) is 4. The van der Waals surface area contributed by atoms with Crippen LogP contribution in [0.3, 0.4) is 0 Å². The summed E-state index contributed by atoms with van der Waals surface area (Å²) in [5, 5.41) is 19.0. The van der Waals surface area contributed by atoms with Gasteiger partial charge >= 0.3 is 0 Å². The van der Waals surface area contributed by atoms with Gasteiger partial charge in [-0.25, -0.2) is 4.39 Å². The zero-order chi connectivity index (χ0) is 26.1. The lowest BCUT2D eigenvalue weighted by Crippen LogP contribution is -2.39. The molecule has 0 bridgehead atoms. The fourth-order valence-electron chi connectivity index (χ4n) is 4.57. The first-order valence-corrected chi connectivity index (χ1v) is 13.5. The monoisotopic (exact) mass is 551 g/mol. The summed E-state index contributed by atoms with van der Waals surface area (Å²) in [5.41, 5.74) is 8.04. The largest absolute Gasteiger partial charge is 0.384 e. The number of carbonyl (C=O) groups excluding carboxylic acids is 2. The van der Waals surface area contributed by atoms with Gasteiger partial charge < -0.3 is 5.73 Å². The lowest BCUT2D eigenvalue weighted by atomic mass is 9.75. The highest BCUT2D eigenvalue weighted by Gasteiger charge is 2.42. The first kappa shape index (κ1) is 25.1. The van der Waals surface area contributed by atoms with Crippen LogP contribution in [0.4, 0.5) is 9.52 Å². The Morgan fingerprint density at radius 3 is 2.73 bits per heavy atom. The smallest absolute Gasteiger partial charge is 0.219 e. The van der Waals surface area contributed by atoms with E-state index in [9.17, 15) is 19.2 Å². The molecule has 1 aliphatic carbocycles. The number of ketones is 2. The fourth-order valence-corrected chi connectivity index (χ4v) is 6.61. The summed E-state index contributed by atoms with van der Waals surface area (Å²) < 4.78 is 15.5. The molecule has 0 amide bonds. The number of nitrogens with two attached hydrogens (primary N) is 1. The summed E-state index contributed by atoms with van der Waals surface area (Å²) in [6.07, 6.45) is 1.33. The second-order valence-electron chi connectivity index (χ2n) is 8.38. The van der Waals surface area contributed by atoms with Gasteiger partial charge in [0.25, 0.3) is 0 Å². The normalized spacial score (nSPS) is 17.6. The van der Waals surface area contributed by atoms with Crippen LogP contribution in [0.5, 0.6) is 0 Å². The van der Waals surface area contributed by atoms with Gasteiger partial charge in [0.15, 0.2) is 15.9 Å². The minimum absolute atomic E-state index is 0.0182. The quantitative estimate of drug-likeness (QED) is 0.310. The molecule has 11 heteroatoms. The summed E-state index contributed by atoms with van der Waals surface area (Å²) in [5.74, 6) is -1.64. The third kappa shape index (κ3) is 4.66. The van der Waals surface area contributed by atoms with Crippen LogP contribution in [0.15, 0.2) is 75.5 Å². The van der Waals surface area contributed by atoms with Crippen molar-refractivity contribution >= 4 is 51.4 Å². The Morgan fingerprint density at radius 2 is 2.00 bits per heavy atom. The zero-order valence-electron chi connectivity index (χ0n) is 19.3. The van der Waals surface area contributed by atoms with Gasteiger partial charge in [0.2, 0.25) is 5.13 Å². The van der Waals surface area contributed by atoms with E-state index in [2.05, 4.69) is 16.3 Å². The molecule has 0 saturated heterocycles. The van der Waals surface area contributed by atoms with E-state index in [1.54, 1.807) is 29.2 Å². The lowest BCUT2D eigenvalue weighted by molar-refractivity contribution is -0.116. The third-order valence-corrected chi connectivity index (χ3v) is 8.58.